The summed E-state index contributed by atoms with van der Waals surface area (Å²) in [4.78, 5) is 11.8. The van der Waals surface area contributed by atoms with Crippen LogP contribution in [0.2, 0.25) is 0 Å². The van der Waals surface area contributed by atoms with Crippen molar-refractivity contribution in [3.05, 3.63) is 0 Å². The molecule has 2 atom stereocenters. The van der Waals surface area contributed by atoms with Crippen molar-refractivity contribution in [2.75, 3.05) is 0 Å². The largest absolute Gasteiger partial charge is 0.444 e. The first kappa shape index (κ1) is 14.3. The highest BCUT2D eigenvalue weighted by atomic mass is 16.6. The van der Waals surface area contributed by atoms with Crippen molar-refractivity contribution in [1.29, 1.82) is 0 Å². The van der Waals surface area contributed by atoms with Crippen molar-refractivity contribution < 1.29 is 9.53 Å². The maximum absolute atomic E-state index is 11.8. The molecule has 0 aliphatic heterocycles. The molecule has 0 bridgehead atoms. The second-order valence-corrected chi connectivity index (χ2v) is 6.45. The van der Waals surface area contributed by atoms with E-state index in [1.54, 1.807) is 0 Å². The summed E-state index contributed by atoms with van der Waals surface area (Å²) in [5.41, 5.74) is -0.411. The average molecular weight is 241 g/mol. The first-order valence-corrected chi connectivity index (χ1v) is 6.79. The van der Waals surface area contributed by atoms with Crippen LogP contribution in [-0.2, 0) is 4.74 Å². The molecule has 0 spiro atoms. The van der Waals surface area contributed by atoms with Crippen molar-refractivity contribution in [2.24, 2.45) is 11.8 Å². The summed E-state index contributed by atoms with van der Waals surface area (Å²) < 4.78 is 5.32. The third-order valence-electron chi connectivity index (χ3n) is 3.38. The van der Waals surface area contributed by atoms with Crippen LogP contribution in [0.3, 0.4) is 0 Å². The standard InChI is InChI=1S/C14H27NO2/c1-10(2)11-8-6-7-9-12(11)15-13(16)17-14(3,4)5/h10-12H,6-9H2,1-5H3,(H,15,16)/t11-,12+/m0/s1. The Morgan fingerprint density at radius 1 is 1.24 bits per heavy atom. The highest BCUT2D eigenvalue weighted by Gasteiger charge is 2.29. The Balaban J connectivity index is 2.50. The van der Waals surface area contributed by atoms with Crippen LogP contribution in [0.1, 0.15) is 60.3 Å². The van der Waals surface area contributed by atoms with Gasteiger partial charge in [-0.1, -0.05) is 26.7 Å². The number of hydrogen-bond acceptors (Lipinski definition) is 2. The maximum atomic E-state index is 11.8. The van der Waals surface area contributed by atoms with Crippen LogP contribution < -0.4 is 5.32 Å². The minimum absolute atomic E-state index is 0.268. The highest BCUT2D eigenvalue weighted by molar-refractivity contribution is 5.68. The Morgan fingerprint density at radius 2 is 1.82 bits per heavy atom. The summed E-state index contributed by atoms with van der Waals surface area (Å²) in [7, 11) is 0. The highest BCUT2D eigenvalue weighted by Crippen LogP contribution is 2.30. The van der Waals surface area contributed by atoms with Gasteiger partial charge < -0.3 is 10.1 Å². The Bertz CT molecular complexity index is 255. The fraction of sp³-hybridized carbons (Fsp3) is 0.929. The number of nitrogens with one attached hydrogen (secondary N) is 1. The second kappa shape index (κ2) is 5.74. The molecular weight excluding hydrogens is 214 g/mol. The Morgan fingerprint density at radius 3 is 2.35 bits per heavy atom. The van der Waals surface area contributed by atoms with Gasteiger partial charge in [0.05, 0.1) is 0 Å². The monoisotopic (exact) mass is 241 g/mol. The lowest BCUT2D eigenvalue weighted by molar-refractivity contribution is 0.0454. The molecule has 0 saturated heterocycles. The fourth-order valence-electron chi connectivity index (χ4n) is 2.60. The van der Waals surface area contributed by atoms with E-state index >= 15 is 0 Å². The van der Waals surface area contributed by atoms with Crippen molar-refractivity contribution in [1.82, 2.24) is 5.32 Å². The molecule has 0 radical (unpaired) electrons. The van der Waals surface area contributed by atoms with Gasteiger partial charge in [0.25, 0.3) is 0 Å². The molecule has 1 amide bonds. The number of carbonyl (C=O) groups is 1. The van der Waals surface area contributed by atoms with Crippen LogP contribution in [-0.4, -0.2) is 17.7 Å². The van der Waals surface area contributed by atoms with E-state index < -0.39 is 5.60 Å². The molecule has 0 aromatic heterocycles. The molecule has 0 heterocycles. The zero-order chi connectivity index (χ0) is 13.1. The predicted molar refractivity (Wildman–Crippen MR) is 70.0 cm³/mol. The quantitative estimate of drug-likeness (QED) is 0.800. The number of carbonyl (C=O) groups excluding carboxylic acids is 1. The Labute approximate surface area is 105 Å². The van der Waals surface area contributed by atoms with Gasteiger partial charge in [0.2, 0.25) is 0 Å². The third kappa shape index (κ3) is 4.97. The SMILES string of the molecule is CC(C)[C@@H]1CCCC[C@H]1NC(=O)OC(C)(C)C. The first-order valence-electron chi connectivity index (χ1n) is 6.79. The van der Waals surface area contributed by atoms with Gasteiger partial charge in [-0.15, -0.1) is 0 Å². The van der Waals surface area contributed by atoms with E-state index in [1.807, 2.05) is 20.8 Å². The lowest BCUT2D eigenvalue weighted by atomic mass is 9.78. The molecule has 1 rings (SSSR count). The van der Waals surface area contributed by atoms with Crippen LogP contribution >= 0.6 is 0 Å². The molecule has 17 heavy (non-hydrogen) atoms. The maximum Gasteiger partial charge on any atom is 0.407 e. The van der Waals surface area contributed by atoms with Crippen LogP contribution in [0.5, 0.6) is 0 Å². The van der Waals surface area contributed by atoms with Gasteiger partial charge in [-0.25, -0.2) is 4.79 Å². The molecular formula is C14H27NO2. The van der Waals surface area contributed by atoms with E-state index in [0.29, 0.717) is 17.9 Å². The van der Waals surface area contributed by atoms with Crippen LogP contribution in [0, 0.1) is 11.8 Å². The number of hydrogen-bond donors (Lipinski definition) is 1. The van der Waals surface area contributed by atoms with Crippen molar-refractivity contribution in [3.8, 4) is 0 Å². The molecule has 1 saturated carbocycles. The van der Waals surface area contributed by atoms with E-state index in [4.69, 9.17) is 4.74 Å². The summed E-state index contributed by atoms with van der Waals surface area (Å²) >= 11 is 0. The normalized spacial score (nSPS) is 25.8. The smallest absolute Gasteiger partial charge is 0.407 e. The Kier molecular flexibility index (Phi) is 4.84. The minimum Gasteiger partial charge on any atom is -0.444 e. The van der Waals surface area contributed by atoms with E-state index in [0.717, 1.165) is 6.42 Å². The zero-order valence-electron chi connectivity index (χ0n) is 11.9. The van der Waals surface area contributed by atoms with Crippen LogP contribution in [0.15, 0.2) is 0 Å². The molecule has 1 aliphatic carbocycles. The lowest BCUT2D eigenvalue weighted by Crippen LogP contribution is -2.45. The molecule has 1 N–H and O–H groups in total. The minimum atomic E-state index is -0.411. The van der Waals surface area contributed by atoms with Gasteiger partial charge in [-0.2, -0.15) is 0 Å². The summed E-state index contributed by atoms with van der Waals surface area (Å²) in [6, 6.07) is 0.290. The van der Waals surface area contributed by atoms with E-state index in [-0.39, 0.29) is 6.09 Å². The molecule has 0 unspecified atom stereocenters. The zero-order valence-corrected chi connectivity index (χ0v) is 11.9. The van der Waals surface area contributed by atoms with Gasteiger partial charge in [-0.05, 0) is 45.4 Å². The van der Waals surface area contributed by atoms with E-state index in [9.17, 15) is 4.79 Å². The summed E-state index contributed by atoms with van der Waals surface area (Å²) in [6.07, 6.45) is 4.54. The number of rotatable bonds is 2. The molecule has 3 heteroatoms. The van der Waals surface area contributed by atoms with Crippen LogP contribution in [0.4, 0.5) is 4.79 Å². The van der Waals surface area contributed by atoms with Gasteiger partial charge in [-0.3, -0.25) is 0 Å². The van der Waals surface area contributed by atoms with Crippen LogP contribution in [0.25, 0.3) is 0 Å². The number of amides is 1. The summed E-state index contributed by atoms with van der Waals surface area (Å²) in [5.74, 6) is 1.21. The predicted octanol–water partition coefficient (Wildman–Crippen LogP) is 3.73. The topological polar surface area (TPSA) is 38.3 Å². The Hall–Kier alpha value is -0.730. The fourth-order valence-corrected chi connectivity index (χ4v) is 2.60. The van der Waals surface area contributed by atoms with Gasteiger partial charge in [0.1, 0.15) is 5.60 Å². The van der Waals surface area contributed by atoms with Gasteiger partial charge in [0, 0.05) is 6.04 Å². The van der Waals surface area contributed by atoms with Crippen molar-refractivity contribution in [3.63, 3.8) is 0 Å². The lowest BCUT2D eigenvalue weighted by Gasteiger charge is -2.35. The molecule has 0 aromatic carbocycles. The molecule has 1 fully saturated rings. The first-order chi connectivity index (χ1) is 7.79. The molecule has 1 aliphatic rings. The summed E-state index contributed by atoms with van der Waals surface area (Å²) in [6.45, 7) is 10.2. The molecule has 3 nitrogen and oxygen atoms in total. The van der Waals surface area contributed by atoms with Gasteiger partial charge >= 0.3 is 6.09 Å². The van der Waals surface area contributed by atoms with E-state index in [1.165, 1.54) is 19.3 Å². The summed E-state index contributed by atoms with van der Waals surface area (Å²) in [5, 5.41) is 3.05. The molecule has 0 aromatic rings. The van der Waals surface area contributed by atoms with Crippen molar-refractivity contribution in [2.45, 2.75) is 71.9 Å². The average Bonchev–Trinajstić information content (AvgIpc) is 2.14. The second-order valence-electron chi connectivity index (χ2n) is 6.45. The van der Waals surface area contributed by atoms with Crippen molar-refractivity contribution >= 4 is 6.09 Å². The number of ether oxygens (including phenoxy) is 1. The number of alkyl carbamates (subject to hydrolysis) is 1. The van der Waals surface area contributed by atoms with Gasteiger partial charge in [0.15, 0.2) is 0 Å². The third-order valence-corrected chi connectivity index (χ3v) is 3.38. The van der Waals surface area contributed by atoms with E-state index in [2.05, 4.69) is 19.2 Å². The molecule has 100 valence electrons.